The summed E-state index contributed by atoms with van der Waals surface area (Å²) in [5.74, 6) is -0.390. The SMILES string of the molecule is CCCCCCCC(=O)N(c1ccc(N)cc1)S(C)(=O)=O. The molecule has 5 nitrogen and oxygen atoms in total. The Hall–Kier alpha value is -1.56. The Morgan fingerprint density at radius 1 is 1.10 bits per heavy atom. The molecule has 2 N–H and O–H groups in total. The predicted molar refractivity (Wildman–Crippen MR) is 86.6 cm³/mol. The number of carbonyl (C=O) groups excluding carboxylic acids is 1. The zero-order chi connectivity index (χ0) is 15.9. The van der Waals surface area contributed by atoms with E-state index in [1.165, 1.54) is 0 Å². The second kappa shape index (κ2) is 8.02. The van der Waals surface area contributed by atoms with Gasteiger partial charge in [-0.05, 0) is 30.7 Å². The van der Waals surface area contributed by atoms with Crippen molar-refractivity contribution in [2.45, 2.75) is 45.4 Å². The number of benzene rings is 1. The van der Waals surface area contributed by atoms with E-state index >= 15 is 0 Å². The number of hydrogen-bond acceptors (Lipinski definition) is 4. The van der Waals surface area contributed by atoms with Gasteiger partial charge in [-0.3, -0.25) is 4.79 Å². The second-order valence-electron chi connectivity index (χ2n) is 5.18. The molecule has 0 aliphatic rings. The van der Waals surface area contributed by atoms with Crippen LogP contribution in [0.3, 0.4) is 0 Å². The van der Waals surface area contributed by atoms with Crippen molar-refractivity contribution in [1.29, 1.82) is 0 Å². The van der Waals surface area contributed by atoms with E-state index in [1.807, 2.05) is 0 Å². The molecule has 1 rings (SSSR count). The summed E-state index contributed by atoms with van der Waals surface area (Å²) >= 11 is 0. The van der Waals surface area contributed by atoms with E-state index in [-0.39, 0.29) is 6.42 Å². The average molecular weight is 312 g/mol. The molecule has 21 heavy (non-hydrogen) atoms. The molecule has 0 aromatic heterocycles. The van der Waals surface area contributed by atoms with Gasteiger partial charge in [0.25, 0.3) is 0 Å². The molecular formula is C15H24N2O3S. The number of amides is 1. The first-order chi connectivity index (χ1) is 9.86. The number of rotatable bonds is 8. The van der Waals surface area contributed by atoms with E-state index in [0.717, 1.165) is 36.2 Å². The quantitative estimate of drug-likeness (QED) is 0.591. The molecule has 0 bridgehead atoms. The van der Waals surface area contributed by atoms with Gasteiger partial charge in [-0.1, -0.05) is 32.6 Å². The maximum Gasteiger partial charge on any atom is 0.240 e. The lowest BCUT2D eigenvalue weighted by Gasteiger charge is -2.20. The van der Waals surface area contributed by atoms with Gasteiger partial charge in [-0.2, -0.15) is 0 Å². The lowest BCUT2D eigenvalue weighted by Crippen LogP contribution is -2.36. The molecule has 0 saturated carbocycles. The molecule has 1 aromatic rings. The zero-order valence-electron chi connectivity index (χ0n) is 12.7. The zero-order valence-corrected chi connectivity index (χ0v) is 13.5. The van der Waals surface area contributed by atoms with Gasteiger partial charge >= 0.3 is 0 Å². The fraction of sp³-hybridized carbons (Fsp3) is 0.533. The van der Waals surface area contributed by atoms with Crippen molar-refractivity contribution in [3.05, 3.63) is 24.3 Å². The third-order valence-electron chi connectivity index (χ3n) is 3.18. The van der Waals surface area contributed by atoms with Crippen LogP contribution in [0.4, 0.5) is 11.4 Å². The normalized spacial score (nSPS) is 11.3. The third-order valence-corrected chi connectivity index (χ3v) is 4.26. The molecule has 1 aromatic carbocycles. The molecule has 0 aliphatic heterocycles. The third kappa shape index (κ3) is 5.75. The highest BCUT2D eigenvalue weighted by Gasteiger charge is 2.24. The van der Waals surface area contributed by atoms with Gasteiger partial charge in [0.15, 0.2) is 0 Å². The summed E-state index contributed by atoms with van der Waals surface area (Å²) in [5, 5.41) is 0. The number of unbranched alkanes of at least 4 members (excludes halogenated alkanes) is 4. The Bertz CT molecular complexity index is 553. The molecule has 0 unspecified atom stereocenters. The second-order valence-corrected chi connectivity index (χ2v) is 7.01. The molecule has 0 heterocycles. The first kappa shape index (κ1) is 17.5. The van der Waals surface area contributed by atoms with E-state index < -0.39 is 15.9 Å². The fourth-order valence-corrected chi connectivity index (χ4v) is 3.08. The van der Waals surface area contributed by atoms with Crippen LogP contribution in [-0.2, 0) is 14.8 Å². The fourth-order valence-electron chi connectivity index (χ4n) is 2.11. The Kier molecular flexibility index (Phi) is 6.68. The maximum atomic E-state index is 12.2. The highest BCUT2D eigenvalue weighted by molar-refractivity contribution is 7.92. The Morgan fingerprint density at radius 3 is 2.19 bits per heavy atom. The van der Waals surface area contributed by atoms with Crippen LogP contribution >= 0.6 is 0 Å². The van der Waals surface area contributed by atoms with Crippen LogP contribution in [0, 0.1) is 0 Å². The number of hydrogen-bond donors (Lipinski definition) is 1. The number of nitrogens with two attached hydrogens (primary N) is 1. The van der Waals surface area contributed by atoms with Crippen molar-refractivity contribution in [2.24, 2.45) is 0 Å². The van der Waals surface area contributed by atoms with Crippen LogP contribution in [0.2, 0.25) is 0 Å². The predicted octanol–water partition coefficient (Wildman–Crippen LogP) is 2.92. The van der Waals surface area contributed by atoms with Crippen molar-refractivity contribution >= 4 is 27.3 Å². The van der Waals surface area contributed by atoms with Crippen LogP contribution in [-0.4, -0.2) is 20.6 Å². The number of carbonyl (C=O) groups is 1. The van der Waals surface area contributed by atoms with E-state index in [2.05, 4.69) is 6.92 Å². The lowest BCUT2D eigenvalue weighted by molar-refractivity contribution is -0.117. The topological polar surface area (TPSA) is 80.5 Å². The van der Waals surface area contributed by atoms with Crippen LogP contribution in [0.15, 0.2) is 24.3 Å². The highest BCUT2D eigenvalue weighted by Crippen LogP contribution is 2.21. The minimum Gasteiger partial charge on any atom is -0.399 e. The van der Waals surface area contributed by atoms with Gasteiger partial charge in [0, 0.05) is 12.1 Å². The van der Waals surface area contributed by atoms with E-state index in [4.69, 9.17) is 5.73 Å². The summed E-state index contributed by atoms with van der Waals surface area (Å²) in [6.45, 7) is 2.12. The molecule has 0 atom stereocenters. The first-order valence-corrected chi connectivity index (χ1v) is 9.09. The van der Waals surface area contributed by atoms with Gasteiger partial charge in [-0.15, -0.1) is 0 Å². The van der Waals surface area contributed by atoms with Crippen molar-refractivity contribution < 1.29 is 13.2 Å². The summed E-state index contributed by atoms with van der Waals surface area (Å²) in [6, 6.07) is 6.26. The first-order valence-electron chi connectivity index (χ1n) is 7.25. The van der Waals surface area contributed by atoms with Crippen molar-refractivity contribution in [3.63, 3.8) is 0 Å². The molecule has 6 heteroatoms. The maximum absolute atomic E-state index is 12.2. The number of nitrogens with zero attached hydrogens (tertiary/aromatic N) is 1. The molecule has 0 radical (unpaired) electrons. The summed E-state index contributed by atoms with van der Waals surface area (Å²) in [6.07, 6.45) is 6.28. The van der Waals surface area contributed by atoms with Crippen LogP contribution in [0.5, 0.6) is 0 Å². The number of anilines is 2. The number of sulfonamides is 1. The number of nitrogen functional groups attached to an aromatic ring is 1. The van der Waals surface area contributed by atoms with Crippen LogP contribution in [0.25, 0.3) is 0 Å². The smallest absolute Gasteiger partial charge is 0.240 e. The van der Waals surface area contributed by atoms with Gasteiger partial charge in [-0.25, -0.2) is 12.7 Å². The van der Waals surface area contributed by atoms with E-state index in [1.54, 1.807) is 24.3 Å². The summed E-state index contributed by atoms with van der Waals surface area (Å²) in [5.41, 5.74) is 6.45. The lowest BCUT2D eigenvalue weighted by atomic mass is 10.1. The molecule has 0 saturated heterocycles. The molecule has 118 valence electrons. The molecule has 1 amide bonds. The van der Waals surface area contributed by atoms with E-state index in [0.29, 0.717) is 17.8 Å². The monoisotopic (exact) mass is 312 g/mol. The van der Waals surface area contributed by atoms with Gasteiger partial charge < -0.3 is 5.73 Å². The average Bonchev–Trinajstić information content (AvgIpc) is 2.39. The highest BCUT2D eigenvalue weighted by atomic mass is 32.2. The molecular weight excluding hydrogens is 288 g/mol. The van der Waals surface area contributed by atoms with Gasteiger partial charge in [0.2, 0.25) is 15.9 Å². The van der Waals surface area contributed by atoms with E-state index in [9.17, 15) is 13.2 Å². The standard InChI is InChI=1S/C15H24N2O3S/c1-3-4-5-6-7-8-15(18)17(21(2,19)20)14-11-9-13(16)10-12-14/h9-12H,3-8,16H2,1-2H3. The van der Waals surface area contributed by atoms with Crippen molar-refractivity contribution in [2.75, 3.05) is 16.3 Å². The molecule has 0 fully saturated rings. The van der Waals surface area contributed by atoms with Crippen LogP contribution < -0.4 is 10.0 Å². The van der Waals surface area contributed by atoms with Crippen molar-refractivity contribution in [1.82, 2.24) is 0 Å². The van der Waals surface area contributed by atoms with Crippen LogP contribution in [0.1, 0.15) is 45.4 Å². The minimum absolute atomic E-state index is 0.237. The van der Waals surface area contributed by atoms with Gasteiger partial charge in [0.05, 0.1) is 11.9 Å². The Morgan fingerprint density at radius 2 is 1.67 bits per heavy atom. The molecule has 0 spiro atoms. The largest absolute Gasteiger partial charge is 0.399 e. The summed E-state index contributed by atoms with van der Waals surface area (Å²) in [4.78, 5) is 12.2. The minimum atomic E-state index is -3.63. The Balaban J connectivity index is 2.75. The summed E-state index contributed by atoms with van der Waals surface area (Å²) < 4.78 is 24.6. The van der Waals surface area contributed by atoms with Crippen molar-refractivity contribution in [3.8, 4) is 0 Å². The Labute approximate surface area is 127 Å². The summed E-state index contributed by atoms with van der Waals surface area (Å²) in [7, 11) is -3.63. The molecule has 0 aliphatic carbocycles. The van der Waals surface area contributed by atoms with Gasteiger partial charge in [0.1, 0.15) is 0 Å².